The van der Waals surface area contributed by atoms with Crippen LogP contribution in [0.1, 0.15) is 28.9 Å². The molecule has 5 rings (SSSR count). The summed E-state index contributed by atoms with van der Waals surface area (Å²) in [5.74, 6) is -0.896. The van der Waals surface area contributed by atoms with Gasteiger partial charge in [0, 0.05) is 44.2 Å². The molecular weight excluding hydrogens is 503 g/mol. The van der Waals surface area contributed by atoms with Crippen molar-refractivity contribution < 1.29 is 18.7 Å². The van der Waals surface area contributed by atoms with Crippen molar-refractivity contribution in [1.29, 1.82) is 0 Å². The van der Waals surface area contributed by atoms with Crippen LogP contribution in [0.4, 0.5) is 20.7 Å². The van der Waals surface area contributed by atoms with E-state index in [9.17, 15) is 18.8 Å². The smallest absolute Gasteiger partial charge is 0.323 e. The lowest BCUT2D eigenvalue weighted by Gasteiger charge is -2.16. The van der Waals surface area contributed by atoms with Crippen molar-refractivity contribution in [2.45, 2.75) is 19.8 Å². The zero-order chi connectivity index (χ0) is 27.5. The first kappa shape index (κ1) is 25.7. The van der Waals surface area contributed by atoms with Crippen LogP contribution >= 0.6 is 0 Å². The summed E-state index contributed by atoms with van der Waals surface area (Å²) < 4.78 is 23.6. The van der Waals surface area contributed by atoms with Gasteiger partial charge in [-0.3, -0.25) is 19.6 Å². The number of rotatable bonds is 6. The average molecular weight is 531 g/mol. The highest BCUT2D eigenvalue weighted by Crippen LogP contribution is 2.28. The molecule has 200 valence electrons. The summed E-state index contributed by atoms with van der Waals surface area (Å²) in [6.07, 6.45) is 3.39. The minimum Gasteiger partial charge on any atom is -0.454 e. The molecule has 1 saturated heterocycles. The van der Waals surface area contributed by atoms with Gasteiger partial charge in [0.25, 0.3) is 11.5 Å². The summed E-state index contributed by atoms with van der Waals surface area (Å²) in [7, 11) is 1.69. The van der Waals surface area contributed by atoms with Crippen LogP contribution < -0.4 is 20.9 Å². The first-order valence-electron chi connectivity index (χ1n) is 12.5. The predicted octanol–water partition coefficient (Wildman–Crippen LogP) is 4.69. The third-order valence-corrected chi connectivity index (χ3v) is 6.56. The maximum Gasteiger partial charge on any atom is 0.323 e. The number of hydrogen-bond acceptors (Lipinski definition) is 5. The molecule has 11 heteroatoms. The fourth-order valence-corrected chi connectivity index (χ4v) is 4.46. The Morgan fingerprint density at radius 3 is 2.46 bits per heavy atom. The molecule has 1 aliphatic heterocycles. The molecule has 0 bridgehead atoms. The number of carbonyl (C=O) groups is 2. The van der Waals surface area contributed by atoms with Gasteiger partial charge in [0.1, 0.15) is 17.1 Å². The Kier molecular flexibility index (Phi) is 7.13. The molecule has 1 fully saturated rings. The van der Waals surface area contributed by atoms with Gasteiger partial charge < -0.3 is 15.0 Å². The minimum atomic E-state index is -0.723. The second-order valence-corrected chi connectivity index (χ2v) is 9.14. The van der Waals surface area contributed by atoms with Gasteiger partial charge >= 0.3 is 6.03 Å². The number of pyridine rings is 1. The number of anilines is 2. The number of hydrogen-bond donors (Lipinski definition) is 2. The number of halogens is 1. The molecule has 0 saturated carbocycles. The summed E-state index contributed by atoms with van der Waals surface area (Å²) >= 11 is 0. The van der Waals surface area contributed by atoms with Crippen molar-refractivity contribution in [1.82, 2.24) is 19.2 Å². The maximum atomic E-state index is 14.9. The van der Waals surface area contributed by atoms with Crippen LogP contribution in [0.3, 0.4) is 0 Å². The van der Waals surface area contributed by atoms with E-state index >= 15 is 0 Å². The first-order chi connectivity index (χ1) is 18.8. The fourth-order valence-electron chi connectivity index (χ4n) is 4.46. The fraction of sp³-hybridized carbons (Fsp3) is 0.214. The second kappa shape index (κ2) is 10.8. The molecule has 0 atom stereocenters. The van der Waals surface area contributed by atoms with E-state index in [2.05, 4.69) is 15.6 Å². The monoisotopic (exact) mass is 530 g/mol. The van der Waals surface area contributed by atoms with Crippen LogP contribution in [0, 0.1) is 12.7 Å². The highest BCUT2D eigenvalue weighted by atomic mass is 19.1. The Morgan fingerprint density at radius 1 is 1.00 bits per heavy atom. The van der Waals surface area contributed by atoms with Crippen LogP contribution in [-0.4, -0.2) is 44.3 Å². The molecule has 0 radical (unpaired) electrons. The second-order valence-electron chi connectivity index (χ2n) is 9.14. The van der Waals surface area contributed by atoms with Gasteiger partial charge in [-0.2, -0.15) is 0 Å². The molecule has 4 aromatic rings. The number of nitrogens with one attached hydrogen (secondary N) is 2. The van der Waals surface area contributed by atoms with Gasteiger partial charge in [0.05, 0.1) is 11.4 Å². The Labute approximate surface area is 223 Å². The van der Waals surface area contributed by atoms with Crippen molar-refractivity contribution in [2.75, 3.05) is 23.7 Å². The molecule has 2 aromatic carbocycles. The standard InChI is InChI=1S/C28H27FN6O4/c1-18-25(27(37)35(33(18)2)20-8-4-3-5-9-20)26(36)31-19-10-11-23(22(29)16-19)39-21-12-13-30-24(17-21)32-28(38)34-14-6-7-15-34/h3-5,8-13,16-17H,6-7,14-15H2,1-2H3,(H,31,36)(H,30,32,38). The number of aromatic nitrogens is 3. The summed E-state index contributed by atoms with van der Waals surface area (Å²) in [4.78, 5) is 44.3. The third-order valence-electron chi connectivity index (χ3n) is 6.56. The van der Waals surface area contributed by atoms with E-state index in [1.165, 1.54) is 35.1 Å². The SMILES string of the molecule is Cc1c(C(=O)Nc2ccc(Oc3ccnc(NC(=O)N4CCCC4)c3)c(F)c2)c(=O)n(-c2ccccc2)n1C. The zero-order valence-corrected chi connectivity index (χ0v) is 21.5. The number of likely N-dealkylation sites (tertiary alicyclic amines) is 1. The number of para-hydroxylation sites is 1. The highest BCUT2D eigenvalue weighted by molar-refractivity contribution is 6.05. The Hall–Kier alpha value is -4.93. The number of ether oxygens (including phenoxy) is 1. The Bertz CT molecular complexity index is 1590. The van der Waals surface area contributed by atoms with E-state index in [-0.39, 0.29) is 34.6 Å². The number of urea groups is 1. The van der Waals surface area contributed by atoms with Crippen molar-refractivity contribution in [3.8, 4) is 17.2 Å². The van der Waals surface area contributed by atoms with Gasteiger partial charge in [0.2, 0.25) is 0 Å². The van der Waals surface area contributed by atoms with Gasteiger partial charge in [-0.05, 0) is 50.1 Å². The largest absolute Gasteiger partial charge is 0.454 e. The van der Waals surface area contributed by atoms with Gasteiger partial charge in [-0.25, -0.2) is 18.9 Å². The maximum absolute atomic E-state index is 14.9. The lowest BCUT2D eigenvalue weighted by Crippen LogP contribution is -2.32. The number of amides is 3. The zero-order valence-electron chi connectivity index (χ0n) is 21.5. The summed E-state index contributed by atoms with van der Waals surface area (Å²) in [5.41, 5.74) is 0.723. The minimum absolute atomic E-state index is 0.0395. The van der Waals surface area contributed by atoms with E-state index < -0.39 is 17.3 Å². The van der Waals surface area contributed by atoms with E-state index in [1.807, 2.05) is 6.07 Å². The third kappa shape index (κ3) is 5.37. The van der Waals surface area contributed by atoms with Crippen molar-refractivity contribution in [3.05, 3.63) is 94.3 Å². The quantitative estimate of drug-likeness (QED) is 0.376. The van der Waals surface area contributed by atoms with Crippen molar-refractivity contribution in [3.63, 3.8) is 0 Å². The molecule has 39 heavy (non-hydrogen) atoms. The van der Waals surface area contributed by atoms with E-state index in [0.717, 1.165) is 18.9 Å². The number of nitrogens with zero attached hydrogens (tertiary/aromatic N) is 4. The highest BCUT2D eigenvalue weighted by Gasteiger charge is 2.23. The van der Waals surface area contributed by atoms with Crippen molar-refractivity contribution in [2.24, 2.45) is 7.05 Å². The van der Waals surface area contributed by atoms with Crippen molar-refractivity contribution >= 4 is 23.4 Å². The lowest BCUT2D eigenvalue weighted by atomic mass is 10.2. The van der Waals surface area contributed by atoms with Crippen LogP contribution in [0.5, 0.6) is 11.5 Å². The topological polar surface area (TPSA) is 110 Å². The molecule has 2 aromatic heterocycles. The average Bonchev–Trinajstić information content (AvgIpc) is 3.53. The molecule has 3 amide bonds. The van der Waals surface area contributed by atoms with Gasteiger partial charge in [0.15, 0.2) is 11.6 Å². The molecule has 10 nitrogen and oxygen atoms in total. The summed E-state index contributed by atoms with van der Waals surface area (Å²) in [6.45, 7) is 3.07. The molecular formula is C28H27FN6O4. The normalized spacial score (nSPS) is 12.8. The van der Waals surface area contributed by atoms with Crippen LogP contribution in [0.2, 0.25) is 0 Å². The molecule has 0 spiro atoms. The van der Waals surface area contributed by atoms with Gasteiger partial charge in [-0.1, -0.05) is 18.2 Å². The molecule has 0 unspecified atom stereocenters. The Morgan fingerprint density at radius 2 is 1.74 bits per heavy atom. The molecule has 3 heterocycles. The molecule has 2 N–H and O–H groups in total. The first-order valence-corrected chi connectivity index (χ1v) is 12.5. The summed E-state index contributed by atoms with van der Waals surface area (Å²) in [5, 5.41) is 5.32. The number of carbonyl (C=O) groups excluding carboxylic acids is 2. The molecule has 1 aliphatic rings. The lowest BCUT2D eigenvalue weighted by molar-refractivity contribution is 0.102. The van der Waals surface area contributed by atoms with Crippen LogP contribution in [-0.2, 0) is 7.05 Å². The Balaban J connectivity index is 1.29. The molecule has 0 aliphatic carbocycles. The summed E-state index contributed by atoms with van der Waals surface area (Å²) in [6, 6.07) is 15.7. The van der Waals surface area contributed by atoms with Crippen LogP contribution in [0.25, 0.3) is 5.69 Å². The van der Waals surface area contributed by atoms with E-state index in [4.69, 9.17) is 4.74 Å². The van der Waals surface area contributed by atoms with Gasteiger partial charge in [-0.15, -0.1) is 0 Å². The predicted molar refractivity (Wildman–Crippen MR) is 144 cm³/mol. The van der Waals surface area contributed by atoms with Crippen LogP contribution in [0.15, 0.2) is 71.7 Å². The van der Waals surface area contributed by atoms with E-state index in [1.54, 1.807) is 47.8 Å². The van der Waals surface area contributed by atoms with E-state index in [0.29, 0.717) is 24.5 Å². The number of benzene rings is 2.